The van der Waals surface area contributed by atoms with Crippen molar-refractivity contribution in [3.63, 3.8) is 0 Å². The fourth-order valence-electron chi connectivity index (χ4n) is 4.00. The molecule has 3 heterocycles. The predicted octanol–water partition coefficient (Wildman–Crippen LogP) is 5.70. The summed E-state index contributed by atoms with van der Waals surface area (Å²) >= 11 is 0. The molecule has 2 aromatic carbocycles. The maximum atomic E-state index is 12.7. The zero-order valence-corrected chi connectivity index (χ0v) is 18.2. The molecule has 1 atom stereocenters. The van der Waals surface area contributed by atoms with Crippen molar-refractivity contribution in [1.82, 2.24) is 24.7 Å². The van der Waals surface area contributed by atoms with Crippen LogP contribution in [0.15, 0.2) is 55.0 Å². The Balaban J connectivity index is 1.29. The van der Waals surface area contributed by atoms with Crippen molar-refractivity contribution in [2.45, 2.75) is 38.1 Å². The van der Waals surface area contributed by atoms with Gasteiger partial charge >= 0.3 is 6.18 Å². The molecule has 34 heavy (non-hydrogen) atoms. The minimum atomic E-state index is -4.35. The normalized spacial score (nSPS) is 17.0. The summed E-state index contributed by atoms with van der Waals surface area (Å²) in [5.41, 5.74) is 2.02. The minimum Gasteiger partial charge on any atom is -0.356 e. The summed E-state index contributed by atoms with van der Waals surface area (Å²) in [5, 5.41) is 5.54. The average molecular weight is 465 g/mol. The number of rotatable bonds is 5. The molecule has 6 nitrogen and oxygen atoms in total. The van der Waals surface area contributed by atoms with Crippen LogP contribution in [0.5, 0.6) is 0 Å². The Morgan fingerprint density at radius 1 is 1.03 bits per heavy atom. The van der Waals surface area contributed by atoms with Gasteiger partial charge in [0.2, 0.25) is 0 Å². The van der Waals surface area contributed by atoms with E-state index >= 15 is 0 Å². The molecule has 9 heteroatoms. The molecule has 1 aliphatic rings. The molecule has 1 unspecified atom stereocenters. The predicted molar refractivity (Wildman–Crippen MR) is 122 cm³/mol. The Labute approximate surface area is 194 Å². The fraction of sp³-hybridized carbons (Fsp3) is 0.280. The van der Waals surface area contributed by atoms with Crippen LogP contribution in [0.2, 0.25) is 0 Å². The first-order valence-electron chi connectivity index (χ1n) is 11.1. The average Bonchev–Trinajstić information content (AvgIpc) is 3.27. The molecular weight excluding hydrogens is 443 g/mol. The standard InChI is InChI=1S/C25H22F3N5O/c26-25(27,28)20-8-4-18(5-9-20)14-23-30-16-29-22(32-23)11-7-17-6-10-21-19(13-17)15-31-33(21)24-3-1-2-12-34-24/h4-11,13,15-16,24H,1-3,12,14H2/b11-7+. The van der Waals surface area contributed by atoms with Crippen LogP contribution in [0.1, 0.15) is 53.8 Å². The van der Waals surface area contributed by atoms with Crippen LogP contribution < -0.4 is 0 Å². The summed E-state index contributed by atoms with van der Waals surface area (Å²) in [4.78, 5) is 12.7. The molecule has 2 aromatic heterocycles. The Morgan fingerprint density at radius 3 is 2.65 bits per heavy atom. The minimum absolute atomic E-state index is 0.0130. The van der Waals surface area contributed by atoms with E-state index in [1.54, 1.807) is 6.08 Å². The smallest absolute Gasteiger partial charge is 0.356 e. The number of aromatic nitrogens is 5. The van der Waals surface area contributed by atoms with E-state index in [4.69, 9.17) is 4.74 Å². The van der Waals surface area contributed by atoms with Gasteiger partial charge in [-0.2, -0.15) is 18.3 Å². The first kappa shape index (κ1) is 22.2. The van der Waals surface area contributed by atoms with Crippen LogP contribution in [0, 0.1) is 0 Å². The van der Waals surface area contributed by atoms with Gasteiger partial charge in [0.1, 0.15) is 12.2 Å². The van der Waals surface area contributed by atoms with Crippen molar-refractivity contribution < 1.29 is 17.9 Å². The van der Waals surface area contributed by atoms with E-state index in [0.717, 1.165) is 54.5 Å². The lowest BCUT2D eigenvalue weighted by molar-refractivity contribution is -0.137. The first-order chi connectivity index (χ1) is 16.5. The number of benzene rings is 2. The highest BCUT2D eigenvalue weighted by Gasteiger charge is 2.29. The molecule has 1 fully saturated rings. The Hall–Kier alpha value is -3.59. The zero-order chi connectivity index (χ0) is 23.5. The topological polar surface area (TPSA) is 65.7 Å². The lowest BCUT2D eigenvalue weighted by Gasteiger charge is -2.23. The van der Waals surface area contributed by atoms with Crippen LogP contribution in [0.3, 0.4) is 0 Å². The molecule has 0 amide bonds. The maximum absolute atomic E-state index is 12.7. The highest BCUT2D eigenvalue weighted by atomic mass is 19.4. The van der Waals surface area contributed by atoms with E-state index in [9.17, 15) is 13.2 Å². The number of alkyl halides is 3. The van der Waals surface area contributed by atoms with E-state index in [0.29, 0.717) is 23.6 Å². The monoisotopic (exact) mass is 465 g/mol. The van der Waals surface area contributed by atoms with Crippen molar-refractivity contribution in [3.05, 3.63) is 83.3 Å². The van der Waals surface area contributed by atoms with E-state index in [2.05, 4.69) is 20.1 Å². The molecule has 0 spiro atoms. The highest BCUT2D eigenvalue weighted by Crippen LogP contribution is 2.29. The summed E-state index contributed by atoms with van der Waals surface area (Å²) < 4.78 is 46.0. The summed E-state index contributed by atoms with van der Waals surface area (Å²) in [6.07, 6.45) is 6.09. The van der Waals surface area contributed by atoms with Gasteiger partial charge in [-0.05, 0) is 60.7 Å². The third-order valence-electron chi connectivity index (χ3n) is 5.76. The van der Waals surface area contributed by atoms with Gasteiger partial charge in [0.15, 0.2) is 12.1 Å². The Morgan fingerprint density at radius 2 is 1.88 bits per heavy atom. The van der Waals surface area contributed by atoms with Crippen LogP contribution in [-0.4, -0.2) is 31.3 Å². The third-order valence-corrected chi connectivity index (χ3v) is 5.76. The van der Waals surface area contributed by atoms with Gasteiger partial charge in [-0.3, -0.25) is 0 Å². The Kier molecular flexibility index (Phi) is 6.10. The van der Waals surface area contributed by atoms with Gasteiger partial charge in [0, 0.05) is 18.4 Å². The van der Waals surface area contributed by atoms with Crippen molar-refractivity contribution in [2.75, 3.05) is 6.61 Å². The molecule has 0 aliphatic carbocycles. The van der Waals surface area contributed by atoms with E-state index in [1.165, 1.54) is 18.5 Å². The van der Waals surface area contributed by atoms with Crippen LogP contribution >= 0.6 is 0 Å². The second-order valence-corrected chi connectivity index (χ2v) is 8.19. The number of fused-ring (bicyclic) bond motifs is 1. The quantitative estimate of drug-likeness (QED) is 0.378. The second kappa shape index (κ2) is 9.34. The molecule has 174 valence electrons. The molecule has 1 aliphatic heterocycles. The molecule has 1 saturated heterocycles. The SMILES string of the molecule is FC(F)(F)c1ccc(Cc2ncnc(/C=C/c3ccc4c(cnn4C4CCCCO4)c3)n2)cc1. The van der Waals surface area contributed by atoms with Gasteiger partial charge in [-0.25, -0.2) is 19.6 Å². The number of hydrogen-bond donors (Lipinski definition) is 0. The van der Waals surface area contributed by atoms with Gasteiger partial charge in [-0.1, -0.05) is 24.3 Å². The van der Waals surface area contributed by atoms with E-state index < -0.39 is 11.7 Å². The molecule has 0 N–H and O–H groups in total. The zero-order valence-electron chi connectivity index (χ0n) is 18.2. The lowest BCUT2D eigenvalue weighted by atomic mass is 10.1. The summed E-state index contributed by atoms with van der Waals surface area (Å²) in [6, 6.07) is 11.1. The second-order valence-electron chi connectivity index (χ2n) is 8.19. The van der Waals surface area contributed by atoms with Gasteiger partial charge in [-0.15, -0.1) is 0 Å². The van der Waals surface area contributed by atoms with E-state index in [-0.39, 0.29) is 6.23 Å². The number of halogens is 3. The van der Waals surface area contributed by atoms with Crippen LogP contribution in [-0.2, 0) is 17.3 Å². The van der Waals surface area contributed by atoms with Crippen molar-refractivity contribution in [2.24, 2.45) is 0 Å². The number of ether oxygens (including phenoxy) is 1. The molecule has 4 aromatic rings. The summed E-state index contributed by atoms with van der Waals surface area (Å²) in [7, 11) is 0. The first-order valence-corrected chi connectivity index (χ1v) is 11.1. The lowest BCUT2D eigenvalue weighted by Crippen LogP contribution is -2.18. The number of nitrogens with zero attached hydrogens (tertiary/aromatic N) is 5. The fourth-order valence-corrected chi connectivity index (χ4v) is 4.00. The van der Waals surface area contributed by atoms with Gasteiger partial charge < -0.3 is 4.74 Å². The summed E-state index contributed by atoms with van der Waals surface area (Å²) in [5.74, 6) is 0.960. The third kappa shape index (κ3) is 4.99. The maximum Gasteiger partial charge on any atom is 0.416 e. The highest BCUT2D eigenvalue weighted by molar-refractivity contribution is 5.83. The van der Waals surface area contributed by atoms with Crippen LogP contribution in [0.4, 0.5) is 13.2 Å². The molecule has 0 radical (unpaired) electrons. The number of hydrogen-bond acceptors (Lipinski definition) is 5. The van der Waals surface area contributed by atoms with Gasteiger partial charge in [0.05, 0.1) is 17.3 Å². The van der Waals surface area contributed by atoms with Crippen LogP contribution in [0.25, 0.3) is 23.1 Å². The van der Waals surface area contributed by atoms with Gasteiger partial charge in [0.25, 0.3) is 0 Å². The largest absolute Gasteiger partial charge is 0.416 e. The summed E-state index contributed by atoms with van der Waals surface area (Å²) in [6.45, 7) is 0.764. The van der Waals surface area contributed by atoms with Crippen molar-refractivity contribution in [3.8, 4) is 0 Å². The molecule has 0 bridgehead atoms. The molecule has 5 rings (SSSR count). The van der Waals surface area contributed by atoms with E-state index in [1.807, 2.05) is 35.2 Å². The molecule has 0 saturated carbocycles. The van der Waals surface area contributed by atoms with Crippen molar-refractivity contribution >= 4 is 23.1 Å². The van der Waals surface area contributed by atoms with Crippen molar-refractivity contribution in [1.29, 1.82) is 0 Å². The molecular formula is C25H22F3N5O. The Bertz CT molecular complexity index is 1310.